The Hall–Kier alpha value is -2.82. The first-order valence-electron chi connectivity index (χ1n) is 10.00. The van der Waals surface area contributed by atoms with Crippen LogP contribution < -0.4 is 24.8 Å². The summed E-state index contributed by atoms with van der Waals surface area (Å²) in [4.78, 5) is 4.78. The van der Waals surface area contributed by atoms with E-state index in [1.165, 1.54) is 7.11 Å². The highest BCUT2D eigenvalue weighted by molar-refractivity contribution is 7.89. The molecule has 0 fully saturated rings. The maximum atomic E-state index is 12.4. The van der Waals surface area contributed by atoms with Crippen molar-refractivity contribution in [3.63, 3.8) is 0 Å². The predicted molar refractivity (Wildman–Crippen MR) is 118 cm³/mol. The van der Waals surface area contributed by atoms with Gasteiger partial charge in [-0.2, -0.15) is 0 Å². The lowest BCUT2D eigenvalue weighted by atomic mass is 10.2. The number of guanidine groups is 1. The van der Waals surface area contributed by atoms with Crippen LogP contribution in [0.4, 0.5) is 0 Å². The lowest BCUT2D eigenvalue weighted by Gasteiger charge is -2.12. The number of benzene rings is 2. The van der Waals surface area contributed by atoms with Crippen LogP contribution in [0.2, 0.25) is 0 Å². The second-order valence-electron chi connectivity index (χ2n) is 6.77. The van der Waals surface area contributed by atoms with Crippen LogP contribution in [0.5, 0.6) is 11.5 Å². The van der Waals surface area contributed by atoms with Crippen molar-refractivity contribution in [3.05, 3.63) is 53.6 Å². The summed E-state index contributed by atoms with van der Waals surface area (Å²) in [6.07, 6.45) is 0. The quantitative estimate of drug-likeness (QED) is 0.288. The van der Waals surface area contributed by atoms with Gasteiger partial charge in [-0.25, -0.2) is 18.1 Å². The van der Waals surface area contributed by atoms with Gasteiger partial charge in [0.1, 0.15) is 0 Å². The number of rotatable bonds is 10. The molecule has 2 aromatic rings. The van der Waals surface area contributed by atoms with Crippen LogP contribution in [-0.2, 0) is 27.8 Å². The molecule has 1 heterocycles. The van der Waals surface area contributed by atoms with Crippen LogP contribution in [0.1, 0.15) is 18.1 Å². The number of ether oxygens (including phenoxy) is 3. The molecule has 0 amide bonds. The maximum Gasteiger partial charge on any atom is 0.240 e. The summed E-state index contributed by atoms with van der Waals surface area (Å²) < 4.78 is 42.9. The number of hydrogen-bond donors (Lipinski definition) is 3. The number of fused-ring (bicyclic) bond motifs is 1. The van der Waals surface area contributed by atoms with E-state index in [1.54, 1.807) is 18.2 Å². The molecular weight excluding hydrogens is 420 g/mol. The van der Waals surface area contributed by atoms with Crippen LogP contribution in [0.15, 0.2) is 52.4 Å². The number of sulfonamides is 1. The normalized spacial score (nSPS) is 13.3. The zero-order valence-electron chi connectivity index (χ0n) is 17.7. The molecule has 1 aliphatic heterocycles. The first-order valence-corrected chi connectivity index (χ1v) is 11.5. The van der Waals surface area contributed by atoms with Crippen molar-refractivity contribution in [3.8, 4) is 11.5 Å². The summed E-state index contributed by atoms with van der Waals surface area (Å²) >= 11 is 0. The van der Waals surface area contributed by atoms with Crippen molar-refractivity contribution in [2.24, 2.45) is 4.99 Å². The minimum atomic E-state index is -3.59. The van der Waals surface area contributed by atoms with Crippen LogP contribution in [-0.4, -0.2) is 48.0 Å². The van der Waals surface area contributed by atoms with Crippen molar-refractivity contribution in [2.45, 2.75) is 24.9 Å². The first kappa shape index (κ1) is 22.9. The van der Waals surface area contributed by atoms with Crippen LogP contribution in [0, 0.1) is 0 Å². The Morgan fingerprint density at radius 2 is 1.94 bits per heavy atom. The van der Waals surface area contributed by atoms with Gasteiger partial charge in [-0.15, -0.1) is 0 Å². The van der Waals surface area contributed by atoms with Crippen LogP contribution in [0.3, 0.4) is 0 Å². The Balaban J connectivity index is 1.63. The van der Waals surface area contributed by atoms with Gasteiger partial charge in [-0.1, -0.05) is 18.2 Å². The van der Waals surface area contributed by atoms with Gasteiger partial charge in [-0.3, -0.25) is 0 Å². The van der Waals surface area contributed by atoms with Crippen molar-refractivity contribution in [2.75, 3.05) is 33.6 Å². The molecule has 0 saturated carbocycles. The predicted octanol–water partition coefficient (Wildman–Crippen LogP) is 1.60. The molecule has 0 aromatic heterocycles. The van der Waals surface area contributed by atoms with Gasteiger partial charge in [0.15, 0.2) is 17.5 Å². The van der Waals surface area contributed by atoms with E-state index in [4.69, 9.17) is 14.2 Å². The van der Waals surface area contributed by atoms with Gasteiger partial charge in [0.05, 0.1) is 18.0 Å². The van der Waals surface area contributed by atoms with Crippen molar-refractivity contribution in [1.29, 1.82) is 0 Å². The second kappa shape index (κ2) is 11.0. The molecule has 10 heteroatoms. The SMILES string of the molecule is CCNC(=NCc1cccc(S(=O)(=O)NCCOC)c1)NCc1ccc2c(c1)OCO2. The number of aliphatic imine (C=N–C) groups is 1. The molecule has 0 unspecified atom stereocenters. The third kappa shape index (κ3) is 6.58. The summed E-state index contributed by atoms with van der Waals surface area (Å²) in [6, 6.07) is 12.5. The minimum absolute atomic E-state index is 0.203. The average molecular weight is 449 g/mol. The van der Waals surface area contributed by atoms with Gasteiger partial charge < -0.3 is 24.8 Å². The molecule has 0 bridgehead atoms. The largest absolute Gasteiger partial charge is 0.454 e. The lowest BCUT2D eigenvalue weighted by Crippen LogP contribution is -2.36. The monoisotopic (exact) mass is 448 g/mol. The standard InChI is InChI=1S/C21H28N4O5S/c1-3-22-21(24-14-17-7-8-19-20(12-17)30-15-29-19)23-13-16-5-4-6-18(11-16)31(26,27)25-9-10-28-2/h4-8,11-12,25H,3,9-10,13-15H2,1-2H3,(H2,22,23,24). The van der Waals surface area contributed by atoms with E-state index in [0.717, 1.165) is 22.6 Å². The van der Waals surface area contributed by atoms with E-state index < -0.39 is 10.0 Å². The molecule has 0 radical (unpaired) electrons. The first-order chi connectivity index (χ1) is 15.0. The van der Waals surface area contributed by atoms with Gasteiger partial charge in [0, 0.05) is 26.7 Å². The fourth-order valence-electron chi connectivity index (χ4n) is 2.92. The van der Waals surface area contributed by atoms with E-state index in [2.05, 4.69) is 20.3 Å². The highest BCUT2D eigenvalue weighted by Gasteiger charge is 2.14. The molecule has 3 rings (SSSR count). The highest BCUT2D eigenvalue weighted by atomic mass is 32.2. The van der Waals surface area contributed by atoms with Gasteiger partial charge in [0.25, 0.3) is 0 Å². The molecule has 0 atom stereocenters. The number of nitrogens with one attached hydrogen (secondary N) is 3. The third-order valence-electron chi connectivity index (χ3n) is 4.47. The summed E-state index contributed by atoms with van der Waals surface area (Å²) in [5.41, 5.74) is 1.82. The molecular formula is C21H28N4O5S. The van der Waals surface area contributed by atoms with E-state index >= 15 is 0 Å². The second-order valence-corrected chi connectivity index (χ2v) is 8.54. The molecule has 0 spiro atoms. The van der Waals surface area contributed by atoms with Crippen LogP contribution >= 0.6 is 0 Å². The Bertz CT molecular complexity index is 1010. The smallest absolute Gasteiger partial charge is 0.240 e. The lowest BCUT2D eigenvalue weighted by molar-refractivity contribution is 0.174. The summed E-state index contributed by atoms with van der Waals surface area (Å²) in [6.45, 7) is 4.34. The highest BCUT2D eigenvalue weighted by Crippen LogP contribution is 2.32. The average Bonchev–Trinajstić information content (AvgIpc) is 3.24. The zero-order chi connectivity index (χ0) is 22.1. The van der Waals surface area contributed by atoms with E-state index in [-0.39, 0.29) is 18.2 Å². The van der Waals surface area contributed by atoms with E-state index in [0.29, 0.717) is 32.2 Å². The molecule has 31 heavy (non-hydrogen) atoms. The van der Waals surface area contributed by atoms with Crippen molar-refractivity contribution in [1.82, 2.24) is 15.4 Å². The summed E-state index contributed by atoms with van der Waals surface area (Å²) in [5, 5.41) is 6.47. The van der Waals surface area contributed by atoms with Gasteiger partial charge in [-0.05, 0) is 42.3 Å². The van der Waals surface area contributed by atoms with Crippen molar-refractivity contribution >= 4 is 16.0 Å². The van der Waals surface area contributed by atoms with Crippen molar-refractivity contribution < 1.29 is 22.6 Å². The Kier molecular flexibility index (Phi) is 8.10. The van der Waals surface area contributed by atoms with Crippen LogP contribution in [0.25, 0.3) is 0 Å². The van der Waals surface area contributed by atoms with E-state index in [1.807, 2.05) is 31.2 Å². The molecule has 3 N–H and O–H groups in total. The Labute approximate surface area is 182 Å². The Morgan fingerprint density at radius 3 is 2.74 bits per heavy atom. The van der Waals surface area contributed by atoms with E-state index in [9.17, 15) is 8.42 Å². The molecule has 168 valence electrons. The molecule has 9 nitrogen and oxygen atoms in total. The number of hydrogen-bond acceptors (Lipinski definition) is 6. The van der Waals surface area contributed by atoms with Gasteiger partial charge >= 0.3 is 0 Å². The summed E-state index contributed by atoms with van der Waals surface area (Å²) in [5.74, 6) is 2.11. The summed E-state index contributed by atoms with van der Waals surface area (Å²) in [7, 11) is -2.06. The zero-order valence-corrected chi connectivity index (χ0v) is 18.5. The number of nitrogens with zero attached hydrogens (tertiary/aromatic N) is 1. The fourth-order valence-corrected chi connectivity index (χ4v) is 4.00. The molecule has 2 aromatic carbocycles. The topological polar surface area (TPSA) is 110 Å². The fraction of sp³-hybridized carbons (Fsp3) is 0.381. The molecule has 0 saturated heterocycles. The van der Waals surface area contributed by atoms with Gasteiger partial charge in [0.2, 0.25) is 16.8 Å². The third-order valence-corrected chi connectivity index (χ3v) is 5.93. The number of methoxy groups -OCH3 is 1. The minimum Gasteiger partial charge on any atom is -0.454 e. The molecule has 1 aliphatic rings. The Morgan fingerprint density at radius 1 is 1.10 bits per heavy atom. The maximum absolute atomic E-state index is 12.4. The molecule has 0 aliphatic carbocycles.